The number of fused-ring (bicyclic) bond motifs is 2. The van der Waals surface area contributed by atoms with Crippen molar-refractivity contribution in [1.29, 1.82) is 0 Å². The van der Waals surface area contributed by atoms with Crippen molar-refractivity contribution in [3.63, 3.8) is 0 Å². The molecule has 228 valence electrons. The van der Waals surface area contributed by atoms with E-state index in [9.17, 15) is 18.8 Å². The zero-order valence-electron chi connectivity index (χ0n) is 24.5. The first-order valence-electron chi connectivity index (χ1n) is 14.8. The van der Waals surface area contributed by atoms with E-state index in [0.717, 1.165) is 37.1 Å². The van der Waals surface area contributed by atoms with Crippen LogP contribution in [0.15, 0.2) is 75.6 Å². The van der Waals surface area contributed by atoms with E-state index in [1.807, 2.05) is 35.2 Å². The lowest BCUT2D eigenvalue weighted by Crippen LogP contribution is -2.44. The van der Waals surface area contributed by atoms with E-state index in [1.165, 1.54) is 24.1 Å². The van der Waals surface area contributed by atoms with Gasteiger partial charge in [-0.25, -0.2) is 4.39 Å². The third kappa shape index (κ3) is 5.49. The van der Waals surface area contributed by atoms with E-state index in [-0.39, 0.29) is 30.4 Å². The maximum atomic E-state index is 14.4. The molecule has 0 saturated carbocycles. The number of furan rings is 2. The highest BCUT2D eigenvalue weighted by Crippen LogP contribution is 2.40. The van der Waals surface area contributed by atoms with Gasteiger partial charge in [0.1, 0.15) is 34.9 Å². The number of carbonyl (C=O) groups excluding carboxylic acids is 3. The molecule has 0 spiro atoms. The minimum atomic E-state index is -0.463. The van der Waals surface area contributed by atoms with Crippen LogP contribution in [0.4, 0.5) is 15.8 Å². The Morgan fingerprint density at radius 3 is 2.44 bits per heavy atom. The standard InChI is InChI=1S/C35H30FN3O6/c1-43-35(42)32-8-4-5-15-38(32)19-24-12-10-23(44-24)18-29-27-16-21(36)9-14-31(27)39(34(29)41)20-25-13-11-22(45-25)17-28-26-6-2-3-7-30(26)37-33(28)40/h2-3,6-7,9-14,16-18,32H,4-5,8,15,19-20H2,1H3,(H,37,40)/b28-17+,29-18+/t32-/m0/s1. The highest BCUT2D eigenvalue weighted by atomic mass is 19.1. The van der Waals surface area contributed by atoms with Gasteiger partial charge in [0.15, 0.2) is 0 Å². The second-order valence-corrected chi connectivity index (χ2v) is 11.3. The predicted molar refractivity (Wildman–Crippen MR) is 166 cm³/mol. The molecule has 2 amide bonds. The van der Waals surface area contributed by atoms with E-state index in [0.29, 0.717) is 52.0 Å². The molecule has 3 aliphatic rings. The Morgan fingerprint density at radius 1 is 0.933 bits per heavy atom. The number of esters is 1. The molecular formula is C35H30FN3O6. The van der Waals surface area contributed by atoms with Crippen LogP contribution in [0.5, 0.6) is 0 Å². The number of nitrogens with one attached hydrogen (secondary N) is 1. The van der Waals surface area contributed by atoms with Crippen molar-refractivity contribution in [3.05, 3.63) is 107 Å². The van der Waals surface area contributed by atoms with Crippen molar-refractivity contribution < 1.29 is 32.3 Å². The number of nitrogens with zero attached hydrogens (tertiary/aromatic N) is 2. The van der Waals surface area contributed by atoms with Crippen molar-refractivity contribution in [3.8, 4) is 0 Å². The first kappa shape index (κ1) is 28.5. The summed E-state index contributed by atoms with van der Waals surface area (Å²) in [7, 11) is 1.40. The second kappa shape index (κ2) is 11.7. The molecule has 0 bridgehead atoms. The van der Waals surface area contributed by atoms with E-state index in [2.05, 4.69) is 5.32 Å². The van der Waals surface area contributed by atoms with Crippen LogP contribution in [0, 0.1) is 5.82 Å². The number of anilines is 2. The number of methoxy groups -OCH3 is 1. The number of carbonyl (C=O) groups is 3. The van der Waals surface area contributed by atoms with Gasteiger partial charge in [-0.2, -0.15) is 0 Å². The third-order valence-electron chi connectivity index (χ3n) is 8.42. The Hall–Kier alpha value is -5.22. The maximum Gasteiger partial charge on any atom is 0.323 e. The van der Waals surface area contributed by atoms with Crippen LogP contribution >= 0.6 is 0 Å². The van der Waals surface area contributed by atoms with Crippen molar-refractivity contribution in [2.24, 2.45) is 0 Å². The number of hydrogen-bond acceptors (Lipinski definition) is 7. The number of ether oxygens (including phenoxy) is 1. The minimum Gasteiger partial charge on any atom is -0.468 e. The molecule has 1 N–H and O–H groups in total. The second-order valence-electron chi connectivity index (χ2n) is 11.3. The van der Waals surface area contributed by atoms with Gasteiger partial charge in [-0.1, -0.05) is 24.6 Å². The first-order chi connectivity index (χ1) is 21.9. The maximum absolute atomic E-state index is 14.4. The number of benzene rings is 2. The van der Waals surface area contributed by atoms with Crippen molar-refractivity contribution in [1.82, 2.24) is 4.90 Å². The summed E-state index contributed by atoms with van der Waals surface area (Å²) < 4.78 is 31.5. The van der Waals surface area contributed by atoms with Crippen molar-refractivity contribution in [2.75, 3.05) is 23.9 Å². The van der Waals surface area contributed by atoms with Gasteiger partial charge in [-0.3, -0.25) is 19.3 Å². The topological polar surface area (TPSA) is 105 Å². The van der Waals surface area contributed by atoms with Crippen LogP contribution in [0.2, 0.25) is 0 Å². The highest BCUT2D eigenvalue weighted by Gasteiger charge is 2.34. The van der Waals surface area contributed by atoms with E-state index in [1.54, 1.807) is 36.4 Å². The third-order valence-corrected chi connectivity index (χ3v) is 8.42. The Morgan fingerprint density at radius 2 is 1.67 bits per heavy atom. The molecule has 10 heteroatoms. The zero-order chi connectivity index (χ0) is 31.1. The predicted octanol–water partition coefficient (Wildman–Crippen LogP) is 6.12. The molecule has 3 aliphatic heterocycles. The van der Waals surface area contributed by atoms with Gasteiger partial charge in [0.2, 0.25) is 0 Å². The van der Waals surface area contributed by atoms with Crippen LogP contribution in [-0.2, 0) is 32.2 Å². The van der Waals surface area contributed by atoms with Gasteiger partial charge >= 0.3 is 5.97 Å². The molecule has 1 saturated heterocycles. The lowest BCUT2D eigenvalue weighted by Gasteiger charge is -2.32. The number of amides is 2. The zero-order valence-corrected chi connectivity index (χ0v) is 24.5. The Bertz CT molecular complexity index is 1880. The van der Waals surface area contributed by atoms with E-state index in [4.69, 9.17) is 13.6 Å². The smallest absolute Gasteiger partial charge is 0.323 e. The van der Waals surface area contributed by atoms with Gasteiger partial charge in [0.25, 0.3) is 11.8 Å². The molecule has 0 aliphatic carbocycles. The Kier molecular flexibility index (Phi) is 7.42. The number of piperidine rings is 1. The van der Waals surface area contributed by atoms with Crippen molar-refractivity contribution >= 4 is 52.5 Å². The fraction of sp³-hybridized carbons (Fsp3) is 0.229. The fourth-order valence-corrected chi connectivity index (χ4v) is 6.25. The molecule has 7 rings (SSSR count). The van der Waals surface area contributed by atoms with Gasteiger partial charge in [0, 0.05) is 16.8 Å². The molecule has 1 fully saturated rings. The first-order valence-corrected chi connectivity index (χ1v) is 14.8. The summed E-state index contributed by atoms with van der Waals surface area (Å²) in [5, 5.41) is 2.84. The molecule has 0 radical (unpaired) electrons. The average molecular weight is 608 g/mol. The number of likely N-dealkylation sites (tertiary alicyclic amines) is 1. The summed E-state index contributed by atoms with van der Waals surface area (Å²) >= 11 is 0. The van der Waals surface area contributed by atoms with Gasteiger partial charge in [-0.15, -0.1) is 0 Å². The Labute approximate surface area is 258 Å². The molecule has 2 aromatic heterocycles. The Balaban J connectivity index is 1.12. The summed E-state index contributed by atoms with van der Waals surface area (Å²) in [6.45, 7) is 1.29. The molecule has 1 atom stereocenters. The van der Waals surface area contributed by atoms with Crippen LogP contribution < -0.4 is 10.2 Å². The van der Waals surface area contributed by atoms with Crippen LogP contribution in [-0.4, -0.2) is 42.4 Å². The largest absolute Gasteiger partial charge is 0.468 e. The lowest BCUT2D eigenvalue weighted by molar-refractivity contribution is -0.148. The van der Waals surface area contributed by atoms with Gasteiger partial charge in [-0.05, 0) is 80.1 Å². The fourth-order valence-electron chi connectivity index (χ4n) is 6.25. The van der Waals surface area contributed by atoms with Crippen LogP contribution in [0.1, 0.15) is 53.4 Å². The number of para-hydroxylation sites is 1. The van der Waals surface area contributed by atoms with Gasteiger partial charge in [0.05, 0.1) is 37.0 Å². The summed E-state index contributed by atoms with van der Waals surface area (Å²) in [5.41, 5.74) is 3.33. The lowest BCUT2D eigenvalue weighted by atomic mass is 10.0. The van der Waals surface area contributed by atoms with E-state index < -0.39 is 5.82 Å². The number of rotatable bonds is 7. The van der Waals surface area contributed by atoms with E-state index >= 15 is 0 Å². The SMILES string of the molecule is COC(=O)[C@@H]1CCCCN1Cc1ccc(/C=C2/C(=O)N(Cc3ccc(/C=C4/C(=O)Nc5ccccc54)o3)c3ccc(F)cc32)o1. The molecular weight excluding hydrogens is 577 g/mol. The molecule has 9 nitrogen and oxygen atoms in total. The highest BCUT2D eigenvalue weighted by molar-refractivity contribution is 6.36. The monoisotopic (exact) mass is 607 g/mol. The minimum absolute atomic E-state index is 0.105. The molecule has 4 aromatic rings. The van der Waals surface area contributed by atoms with Crippen LogP contribution in [0.3, 0.4) is 0 Å². The summed E-state index contributed by atoms with van der Waals surface area (Å²) in [6.07, 6.45) is 5.97. The summed E-state index contributed by atoms with van der Waals surface area (Å²) in [5.74, 6) is 0.809. The normalized spacial score (nSPS) is 19.7. The summed E-state index contributed by atoms with van der Waals surface area (Å²) in [6, 6.07) is 18.4. The molecule has 2 aromatic carbocycles. The van der Waals surface area contributed by atoms with Crippen molar-refractivity contribution in [2.45, 2.75) is 38.4 Å². The average Bonchev–Trinajstić information content (AvgIpc) is 3.81. The molecule has 45 heavy (non-hydrogen) atoms. The van der Waals surface area contributed by atoms with Gasteiger partial charge < -0.3 is 23.8 Å². The number of hydrogen-bond donors (Lipinski definition) is 1. The molecule has 5 heterocycles. The quantitative estimate of drug-likeness (QED) is 0.199. The number of halogens is 1. The molecule has 0 unspecified atom stereocenters. The summed E-state index contributed by atoms with van der Waals surface area (Å²) in [4.78, 5) is 42.1. The van der Waals surface area contributed by atoms with Crippen LogP contribution in [0.25, 0.3) is 23.3 Å².